The van der Waals surface area contributed by atoms with Gasteiger partial charge in [-0.05, 0) is 43.7 Å². The van der Waals surface area contributed by atoms with Gasteiger partial charge in [0.25, 0.3) is 5.91 Å². The normalized spacial score (nSPS) is 21.1. The fourth-order valence-corrected chi connectivity index (χ4v) is 5.40. The second-order valence-electron chi connectivity index (χ2n) is 8.57. The Labute approximate surface area is 191 Å². The molecule has 3 saturated heterocycles. The summed E-state index contributed by atoms with van der Waals surface area (Å²) in [5, 5.41) is 12.3. The zero-order valence-corrected chi connectivity index (χ0v) is 18.8. The molecule has 2 aromatic heterocycles. The van der Waals surface area contributed by atoms with E-state index in [0.717, 1.165) is 23.3 Å². The van der Waals surface area contributed by atoms with Gasteiger partial charge in [-0.2, -0.15) is 18.3 Å². The fraction of sp³-hybridized carbons (Fsp3) is 0.409. The number of anilines is 2. The van der Waals surface area contributed by atoms with Gasteiger partial charge >= 0.3 is 6.18 Å². The van der Waals surface area contributed by atoms with Crippen molar-refractivity contribution in [2.75, 3.05) is 24.1 Å². The summed E-state index contributed by atoms with van der Waals surface area (Å²) in [5.74, 6) is 0.345. The van der Waals surface area contributed by atoms with Crippen molar-refractivity contribution in [1.29, 1.82) is 0 Å². The van der Waals surface area contributed by atoms with Gasteiger partial charge in [0.1, 0.15) is 0 Å². The van der Waals surface area contributed by atoms with Gasteiger partial charge in [-0.1, -0.05) is 0 Å². The molecule has 3 fully saturated rings. The summed E-state index contributed by atoms with van der Waals surface area (Å²) < 4.78 is 46.0. The first kappa shape index (κ1) is 21.9. The van der Waals surface area contributed by atoms with E-state index in [1.165, 1.54) is 17.4 Å². The Kier molecular flexibility index (Phi) is 5.20. The molecule has 6 rings (SSSR count). The van der Waals surface area contributed by atoms with Crippen LogP contribution in [0.25, 0.3) is 10.1 Å². The molecule has 0 aliphatic carbocycles. The molecular weight excluding hydrogens is 455 g/mol. The first-order valence-corrected chi connectivity index (χ1v) is 11.4. The molecule has 33 heavy (non-hydrogen) atoms. The monoisotopic (exact) mass is 477 g/mol. The molecule has 0 radical (unpaired) electrons. The number of nitrogens with zero attached hydrogens (tertiary/aromatic N) is 3. The quantitative estimate of drug-likeness (QED) is 0.542. The number of fused-ring (bicyclic) bond motifs is 3. The number of morpholine rings is 1. The van der Waals surface area contributed by atoms with E-state index in [1.807, 2.05) is 11.8 Å². The van der Waals surface area contributed by atoms with E-state index in [2.05, 4.69) is 15.5 Å². The standard InChI is InChI=1S/C22H22F3N5O2S/c1-10(12-3-13(22(23,24)25)5-14(26)4-12)27-20-17-7-18(33-19(17)11(2)28-29-20)21(31)30-8-15-6-16(9-30)32-15/h3-5,7,10,15-16H,6,8-9,26H2,1-2H3,(H,27,29)/t10-,15?,16?/m1/s1. The zero-order chi connectivity index (χ0) is 23.5. The van der Waals surface area contributed by atoms with Gasteiger partial charge in [0, 0.05) is 30.6 Å². The zero-order valence-electron chi connectivity index (χ0n) is 17.9. The van der Waals surface area contributed by atoms with Crippen molar-refractivity contribution in [2.24, 2.45) is 0 Å². The SMILES string of the molecule is Cc1nnc(N[C@H](C)c2cc(N)cc(C(F)(F)F)c2)c2cc(C(=O)N3CC4CC(C3)O4)sc12. The van der Waals surface area contributed by atoms with Gasteiger partial charge in [-0.15, -0.1) is 16.4 Å². The first-order valence-electron chi connectivity index (χ1n) is 10.5. The number of carbonyl (C=O) groups excluding carboxylic acids is 1. The van der Waals surface area contributed by atoms with Gasteiger partial charge in [-0.25, -0.2) is 0 Å². The molecule has 7 nitrogen and oxygen atoms in total. The Morgan fingerprint density at radius 1 is 1.24 bits per heavy atom. The number of rotatable bonds is 4. The number of nitrogens with one attached hydrogen (secondary N) is 1. The van der Waals surface area contributed by atoms with E-state index in [1.54, 1.807) is 13.0 Å². The number of aryl methyl sites for hydroxylation is 1. The van der Waals surface area contributed by atoms with E-state index in [4.69, 9.17) is 10.5 Å². The predicted molar refractivity (Wildman–Crippen MR) is 119 cm³/mol. The number of alkyl halides is 3. The van der Waals surface area contributed by atoms with Crippen molar-refractivity contribution in [3.05, 3.63) is 46.0 Å². The highest BCUT2D eigenvalue weighted by atomic mass is 32.1. The van der Waals surface area contributed by atoms with Crippen molar-refractivity contribution in [3.8, 4) is 0 Å². The molecule has 11 heteroatoms. The highest BCUT2D eigenvalue weighted by Gasteiger charge is 2.40. The van der Waals surface area contributed by atoms with Gasteiger partial charge in [0.05, 0.1) is 39.1 Å². The van der Waals surface area contributed by atoms with Crippen molar-refractivity contribution in [1.82, 2.24) is 15.1 Å². The lowest BCUT2D eigenvalue weighted by molar-refractivity contribution is -0.171. The van der Waals surface area contributed by atoms with Crippen LogP contribution in [-0.2, 0) is 10.9 Å². The smallest absolute Gasteiger partial charge is 0.399 e. The third-order valence-corrected chi connectivity index (χ3v) is 7.26. The van der Waals surface area contributed by atoms with Crippen LogP contribution in [0.3, 0.4) is 0 Å². The second kappa shape index (κ2) is 7.84. The number of hydrogen-bond donors (Lipinski definition) is 2. The number of piperidine rings is 1. The summed E-state index contributed by atoms with van der Waals surface area (Å²) in [6.45, 7) is 4.70. The molecule has 3 aromatic rings. The van der Waals surface area contributed by atoms with Crippen LogP contribution in [0.1, 0.15) is 45.9 Å². The summed E-state index contributed by atoms with van der Waals surface area (Å²) in [6.07, 6.45) is -3.27. The summed E-state index contributed by atoms with van der Waals surface area (Å²) >= 11 is 1.34. The summed E-state index contributed by atoms with van der Waals surface area (Å²) in [7, 11) is 0. The predicted octanol–water partition coefficient (Wildman–Crippen LogP) is 4.39. The molecule has 1 amide bonds. The van der Waals surface area contributed by atoms with E-state index in [9.17, 15) is 18.0 Å². The van der Waals surface area contributed by atoms with Gasteiger partial charge in [0.15, 0.2) is 5.82 Å². The number of amides is 1. The van der Waals surface area contributed by atoms with E-state index < -0.39 is 17.8 Å². The number of thiophene rings is 1. The van der Waals surface area contributed by atoms with E-state index in [-0.39, 0.29) is 23.8 Å². The van der Waals surface area contributed by atoms with Crippen LogP contribution in [0.15, 0.2) is 24.3 Å². The molecule has 3 atom stereocenters. The minimum Gasteiger partial charge on any atom is -0.399 e. The topological polar surface area (TPSA) is 93.4 Å². The lowest BCUT2D eigenvalue weighted by Gasteiger charge is -2.46. The van der Waals surface area contributed by atoms with Crippen LogP contribution in [0, 0.1) is 6.92 Å². The second-order valence-corrected chi connectivity index (χ2v) is 9.62. The molecular formula is C22H22F3N5O2S. The van der Waals surface area contributed by atoms with Crippen LogP contribution in [-0.4, -0.2) is 46.3 Å². The molecule has 5 heterocycles. The van der Waals surface area contributed by atoms with Crippen molar-refractivity contribution < 1.29 is 22.7 Å². The Morgan fingerprint density at radius 2 is 1.94 bits per heavy atom. The Bertz CT molecular complexity index is 1230. The third-order valence-electron chi connectivity index (χ3n) is 6.03. The largest absolute Gasteiger partial charge is 0.416 e. The highest BCUT2D eigenvalue weighted by Crippen LogP contribution is 2.37. The molecule has 174 valence electrons. The molecule has 2 bridgehead atoms. The first-order chi connectivity index (χ1) is 15.6. The summed E-state index contributed by atoms with van der Waals surface area (Å²) in [6, 6.07) is 4.73. The molecule has 3 N–H and O–H groups in total. The summed E-state index contributed by atoms with van der Waals surface area (Å²) in [4.78, 5) is 15.5. The van der Waals surface area contributed by atoms with E-state index in [0.29, 0.717) is 40.4 Å². The number of halogens is 3. The van der Waals surface area contributed by atoms with Crippen molar-refractivity contribution in [3.63, 3.8) is 0 Å². The van der Waals surface area contributed by atoms with Crippen molar-refractivity contribution >= 4 is 38.8 Å². The molecule has 1 aromatic carbocycles. The lowest BCUT2D eigenvalue weighted by atomic mass is 9.99. The number of benzene rings is 1. The number of carbonyl (C=O) groups is 1. The van der Waals surface area contributed by atoms with Crippen LogP contribution in [0.2, 0.25) is 0 Å². The molecule has 2 unspecified atom stereocenters. The van der Waals surface area contributed by atoms with Crippen LogP contribution < -0.4 is 11.1 Å². The number of hydrogen-bond acceptors (Lipinski definition) is 7. The average Bonchev–Trinajstić information content (AvgIpc) is 3.20. The Morgan fingerprint density at radius 3 is 2.61 bits per heavy atom. The third kappa shape index (κ3) is 4.10. The molecule has 0 saturated carbocycles. The minimum absolute atomic E-state index is 0.0283. The molecule has 3 aliphatic heterocycles. The van der Waals surface area contributed by atoms with Crippen LogP contribution >= 0.6 is 11.3 Å². The van der Waals surface area contributed by atoms with Crippen LogP contribution in [0.4, 0.5) is 24.7 Å². The minimum atomic E-state index is -4.50. The van der Waals surface area contributed by atoms with Gasteiger partial charge in [0.2, 0.25) is 0 Å². The highest BCUT2D eigenvalue weighted by molar-refractivity contribution is 7.21. The number of nitrogen functional groups attached to an aromatic ring is 1. The van der Waals surface area contributed by atoms with Gasteiger partial charge in [-0.3, -0.25) is 4.79 Å². The van der Waals surface area contributed by atoms with Crippen molar-refractivity contribution in [2.45, 2.75) is 44.7 Å². The molecule has 3 aliphatic rings. The fourth-order valence-electron chi connectivity index (χ4n) is 4.33. The number of aromatic nitrogens is 2. The van der Waals surface area contributed by atoms with Crippen LogP contribution in [0.5, 0.6) is 0 Å². The molecule has 0 spiro atoms. The summed E-state index contributed by atoms with van der Waals surface area (Å²) in [5.41, 5.74) is 5.99. The number of nitrogens with two attached hydrogens (primary N) is 1. The Balaban J connectivity index is 1.43. The number of ether oxygens (including phenoxy) is 1. The van der Waals surface area contributed by atoms with E-state index >= 15 is 0 Å². The lowest BCUT2D eigenvalue weighted by Crippen LogP contribution is -2.58. The van der Waals surface area contributed by atoms with Gasteiger partial charge < -0.3 is 20.7 Å². The Hall–Kier alpha value is -2.92. The maximum atomic E-state index is 13.2. The maximum absolute atomic E-state index is 13.2. The average molecular weight is 478 g/mol. The maximum Gasteiger partial charge on any atom is 0.416 e.